The highest BCUT2D eigenvalue weighted by molar-refractivity contribution is 7.80. The van der Waals surface area contributed by atoms with Gasteiger partial charge in [-0.05, 0) is 12.2 Å². The molecule has 1 aliphatic heterocycles. The zero-order chi connectivity index (χ0) is 8.10. The molecule has 1 N–H and O–H groups in total. The molecule has 0 saturated carbocycles. The summed E-state index contributed by atoms with van der Waals surface area (Å²) in [4.78, 5) is 11.0. The van der Waals surface area contributed by atoms with Crippen LogP contribution < -0.4 is 5.32 Å². The Hall–Kier alpha value is -0.220. The van der Waals surface area contributed by atoms with Crippen molar-refractivity contribution in [2.45, 2.75) is 18.9 Å². The largest absolute Gasteiger partial charge is 0.379 e. The Morgan fingerprint density at radius 2 is 2.55 bits per heavy atom. The van der Waals surface area contributed by atoms with E-state index in [2.05, 4.69) is 17.9 Å². The fourth-order valence-corrected chi connectivity index (χ4v) is 1.25. The van der Waals surface area contributed by atoms with Gasteiger partial charge < -0.3 is 10.1 Å². The second-order valence-corrected chi connectivity index (χ2v) is 3.05. The summed E-state index contributed by atoms with van der Waals surface area (Å²) >= 11 is 3.96. The van der Waals surface area contributed by atoms with Crippen LogP contribution in [-0.4, -0.2) is 30.9 Å². The zero-order valence-corrected chi connectivity index (χ0v) is 7.27. The first kappa shape index (κ1) is 8.87. The standard InChI is InChI=1S/C7H13NO2S/c9-7(2-4-11)8-6-1-3-10-5-6/h6,11H,1-5H2,(H,8,9). The van der Waals surface area contributed by atoms with Gasteiger partial charge in [0.05, 0.1) is 12.6 Å². The van der Waals surface area contributed by atoms with Crippen LogP contribution in [-0.2, 0) is 9.53 Å². The monoisotopic (exact) mass is 175 g/mol. The van der Waals surface area contributed by atoms with Crippen molar-refractivity contribution in [3.63, 3.8) is 0 Å². The van der Waals surface area contributed by atoms with Crippen LogP contribution in [0.15, 0.2) is 0 Å². The first-order chi connectivity index (χ1) is 5.33. The van der Waals surface area contributed by atoms with Gasteiger partial charge in [0.1, 0.15) is 0 Å². The fraction of sp³-hybridized carbons (Fsp3) is 0.857. The van der Waals surface area contributed by atoms with Crippen LogP contribution in [0.3, 0.4) is 0 Å². The molecule has 1 heterocycles. The molecule has 0 bridgehead atoms. The average Bonchev–Trinajstić information content (AvgIpc) is 2.40. The number of nitrogens with one attached hydrogen (secondary N) is 1. The van der Waals surface area contributed by atoms with Crippen LogP contribution in [0, 0.1) is 0 Å². The molecule has 1 rings (SSSR count). The first-order valence-corrected chi connectivity index (χ1v) is 4.44. The maximum Gasteiger partial charge on any atom is 0.221 e. The molecule has 0 aromatic heterocycles. The van der Waals surface area contributed by atoms with Crippen LogP contribution in [0.2, 0.25) is 0 Å². The Kier molecular flexibility index (Phi) is 3.72. The predicted octanol–water partition coefficient (Wildman–Crippen LogP) is 0.211. The molecular formula is C7H13NO2S. The summed E-state index contributed by atoms with van der Waals surface area (Å²) in [7, 11) is 0. The molecule has 1 atom stereocenters. The first-order valence-electron chi connectivity index (χ1n) is 3.81. The Labute approximate surface area is 71.9 Å². The lowest BCUT2D eigenvalue weighted by Gasteiger charge is -2.08. The maximum absolute atomic E-state index is 11.0. The van der Waals surface area contributed by atoms with Crippen LogP contribution in [0.5, 0.6) is 0 Å². The van der Waals surface area contributed by atoms with Gasteiger partial charge in [0.25, 0.3) is 0 Å². The highest BCUT2D eigenvalue weighted by Crippen LogP contribution is 2.03. The van der Waals surface area contributed by atoms with Crippen molar-refractivity contribution < 1.29 is 9.53 Å². The lowest BCUT2D eigenvalue weighted by Crippen LogP contribution is -2.35. The van der Waals surface area contributed by atoms with Crippen LogP contribution in [0.1, 0.15) is 12.8 Å². The van der Waals surface area contributed by atoms with Crippen molar-refractivity contribution >= 4 is 18.5 Å². The third kappa shape index (κ3) is 3.12. The van der Waals surface area contributed by atoms with E-state index in [-0.39, 0.29) is 11.9 Å². The molecule has 64 valence electrons. The Morgan fingerprint density at radius 1 is 1.73 bits per heavy atom. The van der Waals surface area contributed by atoms with E-state index in [1.54, 1.807) is 0 Å². The molecule has 0 aromatic rings. The summed E-state index contributed by atoms with van der Waals surface area (Å²) in [5.74, 6) is 0.690. The Morgan fingerprint density at radius 3 is 3.09 bits per heavy atom. The van der Waals surface area contributed by atoms with E-state index in [0.29, 0.717) is 18.8 Å². The van der Waals surface area contributed by atoms with Gasteiger partial charge in [-0.1, -0.05) is 0 Å². The second kappa shape index (κ2) is 4.62. The van der Waals surface area contributed by atoms with Crippen molar-refractivity contribution in [3.05, 3.63) is 0 Å². The van der Waals surface area contributed by atoms with Crippen molar-refractivity contribution in [2.75, 3.05) is 19.0 Å². The molecule has 4 heteroatoms. The van der Waals surface area contributed by atoms with Gasteiger partial charge in [-0.2, -0.15) is 12.6 Å². The van der Waals surface area contributed by atoms with Gasteiger partial charge >= 0.3 is 0 Å². The van der Waals surface area contributed by atoms with E-state index in [1.807, 2.05) is 0 Å². The van der Waals surface area contributed by atoms with Crippen LogP contribution in [0.25, 0.3) is 0 Å². The van der Waals surface area contributed by atoms with Crippen molar-refractivity contribution in [3.8, 4) is 0 Å². The predicted molar refractivity (Wildman–Crippen MR) is 45.8 cm³/mol. The molecule has 0 spiro atoms. The molecule has 11 heavy (non-hydrogen) atoms. The minimum atomic E-state index is 0.0792. The molecule has 0 aromatic carbocycles. The van der Waals surface area contributed by atoms with Crippen molar-refractivity contribution in [1.29, 1.82) is 0 Å². The van der Waals surface area contributed by atoms with Crippen LogP contribution in [0.4, 0.5) is 0 Å². The van der Waals surface area contributed by atoms with Crippen LogP contribution >= 0.6 is 12.6 Å². The SMILES string of the molecule is O=C(CCS)NC1CCOC1. The molecule has 3 nitrogen and oxygen atoms in total. The Bertz CT molecular complexity index is 134. The normalized spacial score (nSPS) is 23.5. The topological polar surface area (TPSA) is 38.3 Å². The summed E-state index contributed by atoms with van der Waals surface area (Å²) in [5.41, 5.74) is 0. The minimum Gasteiger partial charge on any atom is -0.379 e. The number of carbonyl (C=O) groups is 1. The van der Waals surface area contributed by atoms with Crippen molar-refractivity contribution in [1.82, 2.24) is 5.32 Å². The number of hydrogen-bond donors (Lipinski definition) is 2. The highest BCUT2D eigenvalue weighted by Gasteiger charge is 2.16. The number of hydrogen-bond acceptors (Lipinski definition) is 3. The minimum absolute atomic E-state index is 0.0792. The molecule has 1 unspecified atom stereocenters. The molecule has 1 saturated heterocycles. The number of thiol groups is 1. The summed E-state index contributed by atoms with van der Waals surface area (Å²) in [6.45, 7) is 1.43. The number of rotatable bonds is 3. The van der Waals surface area contributed by atoms with Gasteiger partial charge in [-0.3, -0.25) is 4.79 Å². The Balaban J connectivity index is 2.13. The number of amides is 1. The maximum atomic E-state index is 11.0. The highest BCUT2D eigenvalue weighted by atomic mass is 32.1. The number of carbonyl (C=O) groups excluding carboxylic acids is 1. The van der Waals surface area contributed by atoms with Gasteiger partial charge in [-0.25, -0.2) is 0 Å². The number of ether oxygens (including phenoxy) is 1. The van der Waals surface area contributed by atoms with E-state index in [0.717, 1.165) is 13.0 Å². The van der Waals surface area contributed by atoms with E-state index in [4.69, 9.17) is 4.74 Å². The summed E-state index contributed by atoms with van der Waals surface area (Å²) in [6, 6.07) is 0.238. The quantitative estimate of drug-likeness (QED) is 0.602. The lowest BCUT2D eigenvalue weighted by atomic mass is 10.2. The molecule has 1 amide bonds. The van der Waals surface area contributed by atoms with E-state index >= 15 is 0 Å². The van der Waals surface area contributed by atoms with E-state index in [1.165, 1.54) is 0 Å². The summed E-state index contributed by atoms with van der Waals surface area (Å²) in [5, 5.41) is 2.87. The third-order valence-corrected chi connectivity index (χ3v) is 1.86. The molecule has 1 aliphatic rings. The lowest BCUT2D eigenvalue weighted by molar-refractivity contribution is -0.121. The van der Waals surface area contributed by atoms with E-state index in [9.17, 15) is 4.79 Å². The smallest absolute Gasteiger partial charge is 0.221 e. The molecule has 0 aliphatic carbocycles. The van der Waals surface area contributed by atoms with Gasteiger partial charge in [0, 0.05) is 13.0 Å². The van der Waals surface area contributed by atoms with E-state index < -0.39 is 0 Å². The van der Waals surface area contributed by atoms with Crippen molar-refractivity contribution in [2.24, 2.45) is 0 Å². The second-order valence-electron chi connectivity index (χ2n) is 2.60. The third-order valence-electron chi connectivity index (χ3n) is 1.63. The van der Waals surface area contributed by atoms with Gasteiger partial charge in [0.15, 0.2) is 0 Å². The summed E-state index contributed by atoms with van der Waals surface area (Å²) in [6.07, 6.45) is 1.44. The molecular weight excluding hydrogens is 162 g/mol. The zero-order valence-electron chi connectivity index (χ0n) is 6.38. The molecule has 1 fully saturated rings. The fourth-order valence-electron chi connectivity index (χ4n) is 1.05. The van der Waals surface area contributed by atoms with Gasteiger partial charge in [0.2, 0.25) is 5.91 Å². The van der Waals surface area contributed by atoms with Gasteiger partial charge in [-0.15, -0.1) is 0 Å². The molecule has 0 radical (unpaired) electrons. The summed E-state index contributed by atoms with van der Waals surface area (Å²) < 4.78 is 5.10. The average molecular weight is 175 g/mol.